The highest BCUT2D eigenvalue weighted by molar-refractivity contribution is 8.00. The third-order valence-electron chi connectivity index (χ3n) is 5.72. The van der Waals surface area contributed by atoms with Gasteiger partial charge in [0.15, 0.2) is 0 Å². The highest BCUT2D eigenvalue weighted by Crippen LogP contribution is 2.40. The molecule has 0 heterocycles. The van der Waals surface area contributed by atoms with Crippen LogP contribution in [0.15, 0.2) is 0 Å². The second-order valence-electron chi connectivity index (χ2n) is 9.26. The molecule has 0 saturated heterocycles. The van der Waals surface area contributed by atoms with Crippen molar-refractivity contribution in [1.82, 2.24) is 0 Å². The Morgan fingerprint density at radius 3 is 2.45 bits per heavy atom. The van der Waals surface area contributed by atoms with Crippen LogP contribution in [0.3, 0.4) is 0 Å². The van der Waals surface area contributed by atoms with E-state index in [1.807, 2.05) is 20.8 Å². The van der Waals surface area contributed by atoms with Crippen molar-refractivity contribution in [2.24, 2.45) is 5.92 Å². The Morgan fingerprint density at radius 1 is 1.10 bits per heavy atom. The molecule has 0 aliphatic heterocycles. The normalized spacial score (nSPS) is 26.6. The van der Waals surface area contributed by atoms with E-state index in [0.29, 0.717) is 18.6 Å². The zero-order valence-electron chi connectivity index (χ0n) is 18.9. The van der Waals surface area contributed by atoms with Crippen molar-refractivity contribution in [2.75, 3.05) is 5.75 Å². The maximum atomic E-state index is 11.5. The number of hydrogen-bond donors (Lipinski definition) is 3. The van der Waals surface area contributed by atoms with Crippen molar-refractivity contribution in [2.45, 2.75) is 127 Å². The molecule has 5 atom stereocenters. The topological polar surface area (TPSA) is 87.0 Å². The van der Waals surface area contributed by atoms with E-state index in [0.717, 1.165) is 57.8 Å². The van der Waals surface area contributed by atoms with Crippen molar-refractivity contribution < 1.29 is 24.9 Å². The van der Waals surface area contributed by atoms with Crippen LogP contribution in [0.25, 0.3) is 0 Å². The molecule has 0 aromatic carbocycles. The quantitative estimate of drug-likeness (QED) is 0.262. The molecular formula is C23H44O5S. The average Bonchev–Trinajstić information content (AvgIpc) is 2.88. The number of aliphatic hydroxyl groups is 3. The Bertz CT molecular complexity index is 455. The lowest BCUT2D eigenvalue weighted by Crippen LogP contribution is -2.32. The van der Waals surface area contributed by atoms with Gasteiger partial charge in [-0.25, -0.2) is 0 Å². The van der Waals surface area contributed by atoms with Crippen molar-refractivity contribution in [3.63, 3.8) is 0 Å². The lowest BCUT2D eigenvalue weighted by molar-refractivity contribution is -0.147. The molecule has 1 aliphatic carbocycles. The fourth-order valence-corrected chi connectivity index (χ4v) is 5.67. The summed E-state index contributed by atoms with van der Waals surface area (Å²) in [5, 5.41) is 31.4. The third kappa shape index (κ3) is 11.0. The summed E-state index contributed by atoms with van der Waals surface area (Å²) in [7, 11) is 0. The molecule has 0 bridgehead atoms. The van der Waals surface area contributed by atoms with Gasteiger partial charge in [0.05, 0.1) is 23.9 Å². The van der Waals surface area contributed by atoms with Gasteiger partial charge in [0.1, 0.15) is 0 Å². The molecule has 1 fully saturated rings. The molecule has 0 spiro atoms. The van der Waals surface area contributed by atoms with E-state index >= 15 is 0 Å². The van der Waals surface area contributed by atoms with Gasteiger partial charge in [-0.3, -0.25) is 4.79 Å². The number of carbonyl (C=O) groups excluding carboxylic acids is 1. The number of aliphatic hydroxyl groups excluding tert-OH is 2. The fraction of sp³-hybridized carbons (Fsp3) is 0.957. The zero-order valence-corrected chi connectivity index (χ0v) is 19.8. The second kappa shape index (κ2) is 13.9. The SMILES string of the molecule is CCCCCC(C)(O)CS[C@H]1C(O)CC(O)[C@@H]1CCCCCCC(=O)OC(C)C. The number of carbonyl (C=O) groups is 1. The Morgan fingerprint density at radius 2 is 1.79 bits per heavy atom. The van der Waals surface area contributed by atoms with Crippen LogP contribution in [0.2, 0.25) is 0 Å². The van der Waals surface area contributed by atoms with Crippen molar-refractivity contribution in [1.29, 1.82) is 0 Å². The minimum Gasteiger partial charge on any atom is -0.463 e. The van der Waals surface area contributed by atoms with Crippen molar-refractivity contribution in [3.8, 4) is 0 Å². The van der Waals surface area contributed by atoms with Gasteiger partial charge < -0.3 is 20.1 Å². The molecule has 0 radical (unpaired) electrons. The van der Waals surface area contributed by atoms with Crippen LogP contribution in [-0.4, -0.2) is 56.2 Å². The van der Waals surface area contributed by atoms with Gasteiger partial charge in [-0.05, 0) is 46.0 Å². The van der Waals surface area contributed by atoms with E-state index in [1.54, 1.807) is 11.8 Å². The first kappa shape index (κ1) is 26.7. The number of ether oxygens (including phenoxy) is 1. The molecule has 172 valence electrons. The molecule has 3 unspecified atom stereocenters. The fourth-order valence-electron chi connectivity index (χ4n) is 4.08. The molecular weight excluding hydrogens is 388 g/mol. The van der Waals surface area contributed by atoms with Gasteiger partial charge in [0.25, 0.3) is 0 Å². The van der Waals surface area contributed by atoms with E-state index in [-0.39, 0.29) is 23.2 Å². The number of unbranched alkanes of at least 4 members (excludes halogenated alkanes) is 5. The van der Waals surface area contributed by atoms with Crippen LogP contribution in [0.4, 0.5) is 0 Å². The van der Waals surface area contributed by atoms with Crippen LogP contribution in [0, 0.1) is 5.92 Å². The maximum absolute atomic E-state index is 11.5. The first-order chi connectivity index (χ1) is 13.7. The molecule has 1 aliphatic rings. The van der Waals surface area contributed by atoms with Gasteiger partial charge in [-0.1, -0.05) is 45.4 Å². The number of rotatable bonds is 15. The van der Waals surface area contributed by atoms with Gasteiger partial charge in [-0.2, -0.15) is 11.8 Å². The summed E-state index contributed by atoms with van der Waals surface area (Å²) < 4.78 is 5.14. The molecule has 6 heteroatoms. The Balaban J connectivity index is 2.32. The van der Waals surface area contributed by atoms with Crippen LogP contribution in [-0.2, 0) is 9.53 Å². The maximum Gasteiger partial charge on any atom is 0.306 e. The summed E-state index contributed by atoms with van der Waals surface area (Å²) in [6.45, 7) is 7.75. The lowest BCUT2D eigenvalue weighted by atomic mass is 9.97. The van der Waals surface area contributed by atoms with Crippen LogP contribution < -0.4 is 0 Å². The smallest absolute Gasteiger partial charge is 0.306 e. The highest BCUT2D eigenvalue weighted by atomic mass is 32.2. The molecule has 29 heavy (non-hydrogen) atoms. The van der Waals surface area contributed by atoms with Gasteiger partial charge >= 0.3 is 5.97 Å². The first-order valence-electron chi connectivity index (χ1n) is 11.6. The first-order valence-corrected chi connectivity index (χ1v) is 12.6. The van der Waals surface area contributed by atoms with E-state index in [1.165, 1.54) is 0 Å². The minimum atomic E-state index is -0.720. The number of hydrogen-bond acceptors (Lipinski definition) is 6. The second-order valence-corrected chi connectivity index (χ2v) is 10.4. The van der Waals surface area contributed by atoms with E-state index in [2.05, 4.69) is 6.92 Å². The van der Waals surface area contributed by atoms with Gasteiger partial charge in [0.2, 0.25) is 0 Å². The molecule has 0 aromatic rings. The van der Waals surface area contributed by atoms with Crippen molar-refractivity contribution in [3.05, 3.63) is 0 Å². The highest BCUT2D eigenvalue weighted by Gasteiger charge is 2.42. The van der Waals surface area contributed by atoms with Gasteiger partial charge in [0, 0.05) is 23.8 Å². The van der Waals surface area contributed by atoms with Gasteiger partial charge in [-0.15, -0.1) is 0 Å². The number of esters is 1. The van der Waals surface area contributed by atoms with E-state index in [9.17, 15) is 20.1 Å². The Labute approximate surface area is 182 Å². The summed E-state index contributed by atoms with van der Waals surface area (Å²) in [5.41, 5.74) is -0.720. The summed E-state index contributed by atoms with van der Waals surface area (Å²) >= 11 is 1.63. The molecule has 5 nitrogen and oxygen atoms in total. The zero-order chi connectivity index (χ0) is 21.9. The van der Waals surface area contributed by atoms with Crippen LogP contribution in [0.1, 0.15) is 98.3 Å². The molecule has 1 rings (SSSR count). The largest absolute Gasteiger partial charge is 0.463 e. The number of thioether (sulfide) groups is 1. The molecule has 0 aromatic heterocycles. The molecule has 1 saturated carbocycles. The van der Waals surface area contributed by atoms with E-state index < -0.39 is 17.8 Å². The average molecular weight is 433 g/mol. The minimum absolute atomic E-state index is 0.0105. The third-order valence-corrected chi connectivity index (χ3v) is 7.56. The standard InChI is InChI=1S/C23H44O5S/c1-5-6-11-14-23(4,27)16-29-22-18(19(24)15-20(22)25)12-9-7-8-10-13-21(26)28-17(2)3/h17-20,22,24-25,27H,5-16H2,1-4H3/t18-,19?,20?,22+,23?/m0/s1. The lowest BCUT2D eigenvalue weighted by Gasteiger charge is -2.28. The van der Waals surface area contributed by atoms with Crippen LogP contribution >= 0.6 is 11.8 Å². The Hall–Kier alpha value is -0.300. The summed E-state index contributed by atoms with van der Waals surface area (Å²) in [6.07, 6.45) is 8.63. The summed E-state index contributed by atoms with van der Waals surface area (Å²) in [4.78, 5) is 11.5. The van der Waals surface area contributed by atoms with Crippen LogP contribution in [0.5, 0.6) is 0 Å². The predicted molar refractivity (Wildman–Crippen MR) is 120 cm³/mol. The Kier molecular flexibility index (Phi) is 12.8. The molecule has 0 amide bonds. The summed E-state index contributed by atoms with van der Waals surface area (Å²) in [5.74, 6) is 0.545. The van der Waals surface area contributed by atoms with Crippen molar-refractivity contribution >= 4 is 17.7 Å². The monoisotopic (exact) mass is 432 g/mol. The predicted octanol–water partition coefficient (Wildman–Crippen LogP) is 4.45. The summed E-state index contributed by atoms with van der Waals surface area (Å²) in [6, 6.07) is 0. The molecule has 3 N–H and O–H groups in total. The van der Waals surface area contributed by atoms with E-state index in [4.69, 9.17) is 4.74 Å².